The lowest BCUT2D eigenvalue weighted by molar-refractivity contribution is -0.120. The van der Waals surface area contributed by atoms with E-state index in [1.807, 2.05) is 0 Å². The van der Waals surface area contributed by atoms with Crippen molar-refractivity contribution in [2.45, 2.75) is 26.5 Å². The average molecular weight is 305 g/mol. The second kappa shape index (κ2) is 7.05. The number of nitrogen functional groups attached to an aromatic ring is 1. The highest BCUT2D eigenvalue weighted by Gasteiger charge is 2.17. The molecule has 0 unspecified atom stereocenters. The molecule has 1 rings (SSSR count). The molecule has 0 aliphatic rings. The summed E-state index contributed by atoms with van der Waals surface area (Å²) in [5.74, 6) is -1.88. The van der Waals surface area contributed by atoms with Gasteiger partial charge in [-0.15, -0.1) is 0 Å². The van der Waals surface area contributed by atoms with E-state index in [-0.39, 0.29) is 29.9 Å². The number of halogens is 3. The zero-order valence-corrected chi connectivity index (χ0v) is 12.0. The fraction of sp³-hybridized carbons (Fsp3) is 0.462. The van der Waals surface area contributed by atoms with Crippen LogP contribution in [0, 0.1) is 5.82 Å². The molecule has 3 N–H and O–H groups in total. The van der Waals surface area contributed by atoms with E-state index in [4.69, 9.17) is 5.73 Å². The van der Waals surface area contributed by atoms with Gasteiger partial charge in [0.15, 0.2) is 11.6 Å². The van der Waals surface area contributed by atoms with E-state index < -0.39 is 18.2 Å². The molecule has 0 saturated carbocycles. The van der Waals surface area contributed by atoms with Crippen LogP contribution < -0.4 is 20.7 Å². The number of benzene rings is 1. The number of anilines is 2. The Bertz CT molecular complexity index is 510. The number of rotatable bonds is 6. The van der Waals surface area contributed by atoms with Crippen LogP contribution in [0.4, 0.5) is 24.5 Å². The Morgan fingerprint density at radius 2 is 2.05 bits per heavy atom. The molecule has 21 heavy (non-hydrogen) atoms. The van der Waals surface area contributed by atoms with Crippen molar-refractivity contribution in [2.24, 2.45) is 0 Å². The summed E-state index contributed by atoms with van der Waals surface area (Å²) in [7, 11) is 1.54. The maximum Gasteiger partial charge on any atom is 0.387 e. The number of ether oxygens (including phenoxy) is 1. The molecule has 0 fully saturated rings. The summed E-state index contributed by atoms with van der Waals surface area (Å²) < 4.78 is 41.9. The molecule has 0 aliphatic carbocycles. The maximum atomic E-state index is 13.5. The quantitative estimate of drug-likeness (QED) is 0.789. The maximum absolute atomic E-state index is 13.5. The number of carbonyl (C=O) groups excluding carboxylic acids is 1. The number of hydrogen-bond acceptors (Lipinski definition) is 4. The van der Waals surface area contributed by atoms with Gasteiger partial charge in [0.1, 0.15) is 0 Å². The molecule has 0 atom stereocenters. The number of carbonyl (C=O) groups is 1. The second-order valence-corrected chi connectivity index (χ2v) is 4.80. The van der Waals surface area contributed by atoms with Crippen LogP contribution in [0.15, 0.2) is 12.1 Å². The minimum absolute atomic E-state index is 0.0222. The lowest BCUT2D eigenvalue weighted by Crippen LogP contribution is -2.38. The number of hydrogen-bond donors (Lipinski definition) is 2. The van der Waals surface area contributed by atoms with Crippen LogP contribution in [0.5, 0.6) is 5.75 Å². The van der Waals surface area contributed by atoms with Crippen LogP contribution in [0.3, 0.4) is 0 Å². The van der Waals surface area contributed by atoms with Gasteiger partial charge in [-0.25, -0.2) is 4.39 Å². The fourth-order valence-corrected chi connectivity index (χ4v) is 1.74. The lowest BCUT2D eigenvalue weighted by atomic mass is 10.2. The molecule has 5 nitrogen and oxygen atoms in total. The predicted molar refractivity (Wildman–Crippen MR) is 74.0 cm³/mol. The van der Waals surface area contributed by atoms with Gasteiger partial charge in [0.25, 0.3) is 0 Å². The van der Waals surface area contributed by atoms with E-state index in [1.54, 1.807) is 13.8 Å². The van der Waals surface area contributed by atoms with E-state index in [1.165, 1.54) is 11.9 Å². The van der Waals surface area contributed by atoms with Crippen molar-refractivity contribution >= 4 is 17.3 Å². The summed E-state index contributed by atoms with van der Waals surface area (Å²) in [6, 6.07) is 1.89. The minimum Gasteiger partial charge on any atom is -0.432 e. The van der Waals surface area contributed by atoms with Gasteiger partial charge in [-0.05, 0) is 13.8 Å². The average Bonchev–Trinajstić information content (AvgIpc) is 2.30. The molecule has 0 bridgehead atoms. The molecule has 0 saturated heterocycles. The Kier molecular flexibility index (Phi) is 5.69. The Hall–Kier alpha value is -2.12. The number of likely N-dealkylation sites (N-methyl/N-ethyl adjacent to an activating group) is 1. The van der Waals surface area contributed by atoms with Crippen LogP contribution in [-0.4, -0.2) is 32.2 Å². The summed E-state index contributed by atoms with van der Waals surface area (Å²) in [6.07, 6.45) is 0. The predicted octanol–water partition coefficient (Wildman–Crippen LogP) is 1.97. The first-order chi connectivity index (χ1) is 9.70. The number of nitrogens with two attached hydrogens (primary N) is 1. The van der Waals surface area contributed by atoms with Crippen molar-refractivity contribution < 1.29 is 22.7 Å². The third-order valence-electron chi connectivity index (χ3n) is 2.54. The first-order valence-corrected chi connectivity index (χ1v) is 6.25. The molecule has 8 heteroatoms. The summed E-state index contributed by atoms with van der Waals surface area (Å²) >= 11 is 0. The number of nitrogens with one attached hydrogen (secondary N) is 1. The highest BCUT2D eigenvalue weighted by Crippen LogP contribution is 2.31. The standard InChI is InChI=1S/C13H18F3N3O2/c1-7(2)18-12(20)6-19(3)10-5-11(21-13(15)16)8(14)4-9(10)17/h4-5,7,13H,6,17H2,1-3H3,(H,18,20). The Morgan fingerprint density at radius 1 is 1.43 bits per heavy atom. The van der Waals surface area contributed by atoms with Gasteiger partial charge in [-0.3, -0.25) is 4.79 Å². The Labute approximate surface area is 120 Å². The van der Waals surface area contributed by atoms with Crippen LogP contribution >= 0.6 is 0 Å². The van der Waals surface area contributed by atoms with Gasteiger partial charge in [0.2, 0.25) is 5.91 Å². The van der Waals surface area contributed by atoms with Crippen molar-refractivity contribution in [1.29, 1.82) is 0 Å². The molecule has 1 aromatic rings. The molecule has 0 heterocycles. The lowest BCUT2D eigenvalue weighted by Gasteiger charge is -2.22. The third-order valence-corrected chi connectivity index (χ3v) is 2.54. The SMILES string of the molecule is CC(C)NC(=O)CN(C)c1cc(OC(F)F)c(F)cc1N. The van der Waals surface area contributed by atoms with Crippen molar-refractivity contribution in [2.75, 3.05) is 24.2 Å². The number of amides is 1. The minimum atomic E-state index is -3.15. The van der Waals surface area contributed by atoms with Crippen molar-refractivity contribution in [1.82, 2.24) is 5.32 Å². The molecule has 0 radical (unpaired) electrons. The highest BCUT2D eigenvalue weighted by atomic mass is 19.3. The summed E-state index contributed by atoms with van der Waals surface area (Å²) in [6.45, 7) is 0.407. The van der Waals surface area contributed by atoms with Crippen LogP contribution in [0.2, 0.25) is 0 Å². The second-order valence-electron chi connectivity index (χ2n) is 4.80. The number of alkyl halides is 2. The molecule has 0 aromatic heterocycles. The van der Waals surface area contributed by atoms with Crippen LogP contribution in [0.25, 0.3) is 0 Å². The first-order valence-electron chi connectivity index (χ1n) is 6.25. The molecule has 1 aromatic carbocycles. The zero-order valence-electron chi connectivity index (χ0n) is 12.0. The summed E-state index contributed by atoms with van der Waals surface area (Å²) in [5, 5.41) is 2.67. The Morgan fingerprint density at radius 3 is 2.57 bits per heavy atom. The van der Waals surface area contributed by atoms with Gasteiger partial charge in [-0.1, -0.05) is 0 Å². The molecule has 1 amide bonds. The molecular formula is C13H18F3N3O2. The Balaban J connectivity index is 2.92. The van der Waals surface area contributed by atoms with Gasteiger partial charge in [0.05, 0.1) is 17.9 Å². The largest absolute Gasteiger partial charge is 0.432 e. The third kappa shape index (κ3) is 5.05. The van der Waals surface area contributed by atoms with Crippen LogP contribution in [-0.2, 0) is 4.79 Å². The summed E-state index contributed by atoms with van der Waals surface area (Å²) in [4.78, 5) is 13.1. The first kappa shape index (κ1) is 16.9. The van der Waals surface area contributed by atoms with Gasteiger partial charge in [-0.2, -0.15) is 8.78 Å². The van der Waals surface area contributed by atoms with Gasteiger partial charge < -0.3 is 20.7 Å². The monoisotopic (exact) mass is 305 g/mol. The van der Waals surface area contributed by atoms with Gasteiger partial charge >= 0.3 is 6.61 Å². The molecule has 0 spiro atoms. The smallest absolute Gasteiger partial charge is 0.387 e. The summed E-state index contributed by atoms with van der Waals surface area (Å²) in [5.41, 5.74) is 5.89. The fourth-order valence-electron chi connectivity index (χ4n) is 1.74. The molecule has 118 valence electrons. The van der Waals surface area contributed by atoms with E-state index in [2.05, 4.69) is 10.1 Å². The van der Waals surface area contributed by atoms with E-state index in [0.717, 1.165) is 12.1 Å². The number of nitrogens with zero attached hydrogens (tertiary/aromatic N) is 1. The van der Waals surface area contributed by atoms with E-state index in [0.29, 0.717) is 0 Å². The molecular weight excluding hydrogens is 287 g/mol. The highest BCUT2D eigenvalue weighted by molar-refractivity contribution is 5.83. The molecule has 0 aliphatic heterocycles. The van der Waals surface area contributed by atoms with E-state index in [9.17, 15) is 18.0 Å². The van der Waals surface area contributed by atoms with Crippen molar-refractivity contribution in [3.8, 4) is 5.75 Å². The van der Waals surface area contributed by atoms with E-state index >= 15 is 0 Å². The zero-order chi connectivity index (χ0) is 16.2. The topological polar surface area (TPSA) is 67.6 Å². The van der Waals surface area contributed by atoms with Crippen LogP contribution in [0.1, 0.15) is 13.8 Å². The van der Waals surface area contributed by atoms with Crippen molar-refractivity contribution in [3.63, 3.8) is 0 Å². The normalized spacial score (nSPS) is 10.9. The van der Waals surface area contributed by atoms with Crippen molar-refractivity contribution in [3.05, 3.63) is 17.9 Å². The van der Waals surface area contributed by atoms with Gasteiger partial charge in [0, 0.05) is 25.2 Å².